The molecule has 0 bridgehead atoms. The fourth-order valence-electron chi connectivity index (χ4n) is 3.34. The van der Waals surface area contributed by atoms with Gasteiger partial charge < -0.3 is 15.7 Å². The maximum atomic E-state index is 10.2. The summed E-state index contributed by atoms with van der Waals surface area (Å²) >= 11 is 3.62. The van der Waals surface area contributed by atoms with E-state index in [2.05, 4.69) is 39.0 Å². The molecule has 0 spiro atoms. The zero-order valence-electron chi connectivity index (χ0n) is 11.7. The second-order valence-electron chi connectivity index (χ2n) is 6.36. The normalized spacial score (nSPS) is 28.4. The third-order valence-electron chi connectivity index (χ3n) is 4.50. The van der Waals surface area contributed by atoms with Crippen molar-refractivity contribution in [3.8, 4) is 0 Å². The van der Waals surface area contributed by atoms with Crippen LogP contribution in [0.15, 0.2) is 28.7 Å². The second-order valence-corrected chi connectivity index (χ2v) is 7.21. The molecule has 1 aromatic rings. The summed E-state index contributed by atoms with van der Waals surface area (Å²) in [5.74, 6) is 1.06. The van der Waals surface area contributed by atoms with Crippen LogP contribution >= 0.6 is 15.9 Å². The van der Waals surface area contributed by atoms with Gasteiger partial charge in [-0.1, -0.05) is 12.1 Å². The Labute approximate surface area is 129 Å². The summed E-state index contributed by atoms with van der Waals surface area (Å²) in [5, 5.41) is 10.2. The number of halogens is 1. The van der Waals surface area contributed by atoms with Gasteiger partial charge in [-0.15, -0.1) is 0 Å². The Balaban J connectivity index is 1.68. The highest BCUT2D eigenvalue weighted by atomic mass is 79.9. The maximum absolute atomic E-state index is 10.2. The number of nitrogens with zero attached hydrogens (tertiary/aromatic N) is 1. The lowest BCUT2D eigenvalue weighted by Crippen LogP contribution is -2.48. The quantitative estimate of drug-likeness (QED) is 0.887. The van der Waals surface area contributed by atoms with Crippen LogP contribution < -0.4 is 10.6 Å². The van der Waals surface area contributed by atoms with Crippen LogP contribution in [0.4, 0.5) is 5.69 Å². The van der Waals surface area contributed by atoms with E-state index in [1.807, 2.05) is 6.07 Å². The van der Waals surface area contributed by atoms with Gasteiger partial charge in [-0.3, -0.25) is 0 Å². The molecule has 3 rings (SSSR count). The Bertz CT molecular complexity index is 464. The lowest BCUT2D eigenvalue weighted by atomic mass is 9.88. The first-order chi connectivity index (χ1) is 9.63. The molecule has 3 atom stereocenters. The van der Waals surface area contributed by atoms with Crippen molar-refractivity contribution in [1.29, 1.82) is 0 Å². The number of aliphatic hydroxyl groups excluding tert-OH is 1. The van der Waals surface area contributed by atoms with Crippen molar-refractivity contribution in [3.05, 3.63) is 28.7 Å². The molecule has 0 amide bonds. The molecule has 1 saturated carbocycles. The van der Waals surface area contributed by atoms with Crippen LogP contribution in [-0.2, 0) is 0 Å². The van der Waals surface area contributed by atoms with Crippen molar-refractivity contribution in [2.24, 2.45) is 17.6 Å². The molecule has 0 aromatic heterocycles. The van der Waals surface area contributed by atoms with Gasteiger partial charge in [0.2, 0.25) is 0 Å². The Kier molecular flexibility index (Phi) is 4.34. The molecule has 1 aliphatic carbocycles. The Hall–Kier alpha value is -0.580. The van der Waals surface area contributed by atoms with Crippen molar-refractivity contribution in [3.63, 3.8) is 0 Å². The van der Waals surface area contributed by atoms with Crippen molar-refractivity contribution >= 4 is 21.6 Å². The van der Waals surface area contributed by atoms with Crippen molar-refractivity contribution in [2.45, 2.75) is 37.8 Å². The molecule has 2 aliphatic rings. The van der Waals surface area contributed by atoms with E-state index in [4.69, 9.17) is 5.73 Å². The summed E-state index contributed by atoms with van der Waals surface area (Å²) in [7, 11) is 0. The summed E-state index contributed by atoms with van der Waals surface area (Å²) in [4.78, 5) is 2.36. The van der Waals surface area contributed by atoms with E-state index in [0.29, 0.717) is 11.8 Å². The summed E-state index contributed by atoms with van der Waals surface area (Å²) in [5.41, 5.74) is 7.45. The van der Waals surface area contributed by atoms with Gasteiger partial charge in [0.05, 0.1) is 11.8 Å². The SMILES string of the molecule is NC1CC(CC(O)C2CC2)CN(c2ccccc2Br)C1. The highest BCUT2D eigenvalue weighted by Gasteiger charge is 2.34. The minimum Gasteiger partial charge on any atom is -0.393 e. The highest BCUT2D eigenvalue weighted by molar-refractivity contribution is 9.10. The molecule has 20 heavy (non-hydrogen) atoms. The Morgan fingerprint density at radius 1 is 1.30 bits per heavy atom. The van der Waals surface area contributed by atoms with E-state index in [1.165, 1.54) is 18.5 Å². The number of rotatable bonds is 4. The van der Waals surface area contributed by atoms with Gasteiger partial charge >= 0.3 is 0 Å². The zero-order chi connectivity index (χ0) is 14.1. The molecular weight excluding hydrogens is 316 g/mol. The van der Waals surface area contributed by atoms with Crippen LogP contribution in [0.3, 0.4) is 0 Å². The lowest BCUT2D eigenvalue weighted by Gasteiger charge is -2.39. The fourth-order valence-corrected chi connectivity index (χ4v) is 3.87. The second kappa shape index (κ2) is 6.04. The number of piperidine rings is 1. The topological polar surface area (TPSA) is 49.5 Å². The standard InChI is InChI=1S/C16H23BrN2O/c17-14-3-1-2-4-15(14)19-9-11(7-13(18)10-19)8-16(20)12-5-6-12/h1-4,11-13,16,20H,5-10,18H2. The van der Waals surface area contributed by atoms with Crippen molar-refractivity contribution < 1.29 is 5.11 Å². The fraction of sp³-hybridized carbons (Fsp3) is 0.625. The van der Waals surface area contributed by atoms with Gasteiger partial charge in [0.1, 0.15) is 0 Å². The van der Waals surface area contributed by atoms with Gasteiger partial charge in [0.15, 0.2) is 0 Å². The molecule has 3 unspecified atom stereocenters. The van der Waals surface area contributed by atoms with Gasteiger partial charge in [-0.2, -0.15) is 0 Å². The van der Waals surface area contributed by atoms with Crippen molar-refractivity contribution in [1.82, 2.24) is 0 Å². The number of anilines is 1. The highest BCUT2D eigenvalue weighted by Crippen LogP contribution is 2.37. The number of para-hydroxylation sites is 1. The first-order valence-corrected chi connectivity index (χ1v) is 8.36. The number of benzene rings is 1. The average molecular weight is 339 g/mol. The van der Waals surface area contributed by atoms with Crippen LogP contribution in [0, 0.1) is 11.8 Å². The molecule has 1 aromatic carbocycles. The number of nitrogens with two attached hydrogens (primary N) is 1. The van der Waals surface area contributed by atoms with E-state index in [0.717, 1.165) is 30.4 Å². The number of hydrogen-bond acceptors (Lipinski definition) is 3. The molecule has 110 valence electrons. The van der Waals surface area contributed by atoms with Crippen LogP contribution in [0.1, 0.15) is 25.7 Å². The van der Waals surface area contributed by atoms with E-state index < -0.39 is 0 Å². The van der Waals surface area contributed by atoms with E-state index in [9.17, 15) is 5.11 Å². The van der Waals surface area contributed by atoms with Crippen LogP contribution in [0.25, 0.3) is 0 Å². The van der Waals surface area contributed by atoms with E-state index in [1.54, 1.807) is 0 Å². The minimum absolute atomic E-state index is 0.119. The molecule has 3 nitrogen and oxygen atoms in total. The predicted octanol–water partition coefficient (Wildman–Crippen LogP) is 2.76. The number of hydrogen-bond donors (Lipinski definition) is 2. The Morgan fingerprint density at radius 2 is 2.05 bits per heavy atom. The zero-order valence-corrected chi connectivity index (χ0v) is 13.3. The van der Waals surface area contributed by atoms with Gasteiger partial charge in [0, 0.05) is 23.6 Å². The monoisotopic (exact) mass is 338 g/mol. The number of aliphatic hydroxyl groups is 1. The minimum atomic E-state index is -0.119. The third kappa shape index (κ3) is 3.35. The van der Waals surface area contributed by atoms with E-state index in [-0.39, 0.29) is 12.1 Å². The molecule has 1 heterocycles. The molecule has 2 fully saturated rings. The molecule has 3 N–H and O–H groups in total. The van der Waals surface area contributed by atoms with Crippen LogP contribution in [0.2, 0.25) is 0 Å². The first kappa shape index (κ1) is 14.4. The van der Waals surface area contributed by atoms with Crippen LogP contribution in [0.5, 0.6) is 0 Å². The molecule has 0 radical (unpaired) electrons. The molecular formula is C16H23BrN2O. The summed E-state index contributed by atoms with van der Waals surface area (Å²) < 4.78 is 1.12. The first-order valence-electron chi connectivity index (χ1n) is 7.56. The van der Waals surface area contributed by atoms with Crippen molar-refractivity contribution in [2.75, 3.05) is 18.0 Å². The van der Waals surface area contributed by atoms with Gasteiger partial charge in [-0.25, -0.2) is 0 Å². The summed E-state index contributed by atoms with van der Waals surface area (Å²) in [6, 6.07) is 8.51. The average Bonchev–Trinajstić information content (AvgIpc) is 3.22. The molecule has 4 heteroatoms. The Morgan fingerprint density at radius 3 is 2.75 bits per heavy atom. The van der Waals surface area contributed by atoms with Gasteiger partial charge in [-0.05, 0) is 65.6 Å². The van der Waals surface area contributed by atoms with E-state index >= 15 is 0 Å². The lowest BCUT2D eigenvalue weighted by molar-refractivity contribution is 0.114. The summed E-state index contributed by atoms with van der Waals surface area (Å²) in [6.07, 6.45) is 4.22. The predicted molar refractivity (Wildman–Crippen MR) is 85.8 cm³/mol. The maximum Gasteiger partial charge on any atom is 0.0571 e. The van der Waals surface area contributed by atoms with Gasteiger partial charge in [0.25, 0.3) is 0 Å². The summed E-state index contributed by atoms with van der Waals surface area (Å²) in [6.45, 7) is 1.90. The largest absolute Gasteiger partial charge is 0.393 e. The molecule has 1 saturated heterocycles. The van der Waals surface area contributed by atoms with Crippen LogP contribution in [-0.4, -0.2) is 30.3 Å². The smallest absolute Gasteiger partial charge is 0.0571 e. The third-order valence-corrected chi connectivity index (χ3v) is 5.17. The molecule has 1 aliphatic heterocycles.